The van der Waals surface area contributed by atoms with E-state index in [0.29, 0.717) is 0 Å². The molecule has 0 unspecified atom stereocenters. The highest BCUT2D eigenvalue weighted by atomic mass is 14.7. The van der Waals surface area contributed by atoms with Gasteiger partial charge in [0.05, 0.1) is 5.70 Å². The molecule has 0 aliphatic carbocycles. The Morgan fingerprint density at radius 1 is 1.36 bits per heavy atom. The van der Waals surface area contributed by atoms with Crippen LogP contribution < -0.4 is 0 Å². The van der Waals surface area contributed by atoms with Crippen molar-refractivity contribution < 1.29 is 0 Å². The van der Waals surface area contributed by atoms with Gasteiger partial charge in [-0.2, -0.15) is 0 Å². The first kappa shape index (κ1) is 12.6. The van der Waals surface area contributed by atoms with Gasteiger partial charge in [0.2, 0.25) is 0 Å². The summed E-state index contributed by atoms with van der Waals surface area (Å²) in [7, 11) is 0. The summed E-state index contributed by atoms with van der Waals surface area (Å²) in [6, 6.07) is 3.90. The molecule has 0 spiro atoms. The summed E-state index contributed by atoms with van der Waals surface area (Å²) in [6.45, 7) is 7.87. The Balaban J connectivity index is 0.000000791. The SMILES string of the molecule is CC.CC=N/C(=C\C)c1cccnc1. The molecule has 0 aliphatic heterocycles. The van der Waals surface area contributed by atoms with E-state index < -0.39 is 0 Å². The zero-order valence-electron chi connectivity index (χ0n) is 9.36. The maximum atomic E-state index is 4.21. The minimum atomic E-state index is 0.964. The fraction of sp³-hybridized carbons (Fsp3) is 0.333. The zero-order chi connectivity index (χ0) is 10.8. The second kappa shape index (κ2) is 8.17. The Labute approximate surface area is 86.4 Å². The average molecular weight is 190 g/mol. The van der Waals surface area contributed by atoms with Gasteiger partial charge in [-0.1, -0.05) is 19.9 Å². The lowest BCUT2D eigenvalue weighted by Gasteiger charge is -1.98. The predicted octanol–water partition coefficient (Wildman–Crippen LogP) is 3.56. The Morgan fingerprint density at radius 2 is 2.07 bits per heavy atom. The van der Waals surface area contributed by atoms with Crippen molar-refractivity contribution in [3.63, 3.8) is 0 Å². The smallest absolute Gasteiger partial charge is 0.0670 e. The van der Waals surface area contributed by atoms with Crippen molar-refractivity contribution in [2.75, 3.05) is 0 Å². The third-order valence-electron chi connectivity index (χ3n) is 1.50. The minimum absolute atomic E-state index is 0.964. The van der Waals surface area contributed by atoms with Crippen molar-refractivity contribution in [1.82, 2.24) is 4.98 Å². The topological polar surface area (TPSA) is 25.2 Å². The van der Waals surface area contributed by atoms with Crippen molar-refractivity contribution in [2.45, 2.75) is 27.7 Å². The Hall–Kier alpha value is -1.44. The lowest BCUT2D eigenvalue weighted by Crippen LogP contribution is -1.81. The Morgan fingerprint density at radius 3 is 2.50 bits per heavy atom. The van der Waals surface area contributed by atoms with Crippen LogP contribution >= 0.6 is 0 Å². The number of nitrogens with zero attached hydrogens (tertiary/aromatic N) is 2. The third-order valence-corrected chi connectivity index (χ3v) is 1.50. The highest BCUT2D eigenvalue weighted by molar-refractivity contribution is 5.72. The predicted molar refractivity (Wildman–Crippen MR) is 63.4 cm³/mol. The first-order valence-electron chi connectivity index (χ1n) is 4.94. The Kier molecular flexibility index (Phi) is 7.33. The van der Waals surface area contributed by atoms with Crippen LogP contribution in [0.1, 0.15) is 33.3 Å². The molecular weight excluding hydrogens is 172 g/mol. The maximum Gasteiger partial charge on any atom is 0.0670 e. The first-order chi connectivity index (χ1) is 6.88. The van der Waals surface area contributed by atoms with Crippen LogP contribution in [0.3, 0.4) is 0 Å². The van der Waals surface area contributed by atoms with Crippen LogP contribution in [0.15, 0.2) is 35.6 Å². The summed E-state index contributed by atoms with van der Waals surface area (Å²) < 4.78 is 0. The first-order valence-corrected chi connectivity index (χ1v) is 4.94. The van der Waals surface area contributed by atoms with E-state index >= 15 is 0 Å². The Bertz CT molecular complexity index is 286. The molecule has 2 heteroatoms. The van der Waals surface area contributed by atoms with Gasteiger partial charge in [-0.05, 0) is 26.0 Å². The molecular formula is C12H18N2. The van der Waals surface area contributed by atoms with Crippen molar-refractivity contribution in [1.29, 1.82) is 0 Å². The number of aromatic nitrogens is 1. The van der Waals surface area contributed by atoms with Gasteiger partial charge in [0.25, 0.3) is 0 Å². The fourth-order valence-electron chi connectivity index (χ4n) is 0.969. The lowest BCUT2D eigenvalue weighted by molar-refractivity contribution is 1.30. The summed E-state index contributed by atoms with van der Waals surface area (Å²) in [5, 5.41) is 0. The van der Waals surface area contributed by atoms with E-state index in [1.807, 2.05) is 52.1 Å². The van der Waals surface area contributed by atoms with Gasteiger partial charge >= 0.3 is 0 Å². The summed E-state index contributed by atoms with van der Waals surface area (Å²) in [6.07, 6.45) is 7.31. The van der Waals surface area contributed by atoms with E-state index in [-0.39, 0.29) is 0 Å². The third kappa shape index (κ3) is 3.99. The summed E-state index contributed by atoms with van der Waals surface area (Å²) in [4.78, 5) is 8.23. The summed E-state index contributed by atoms with van der Waals surface area (Å²) in [5.74, 6) is 0. The van der Waals surface area contributed by atoms with Crippen LogP contribution in [0.2, 0.25) is 0 Å². The molecule has 76 valence electrons. The average Bonchev–Trinajstić information content (AvgIpc) is 2.30. The fourth-order valence-corrected chi connectivity index (χ4v) is 0.969. The van der Waals surface area contributed by atoms with E-state index in [1.165, 1.54) is 0 Å². The minimum Gasteiger partial charge on any atom is -0.264 e. The largest absolute Gasteiger partial charge is 0.264 e. The van der Waals surface area contributed by atoms with E-state index in [9.17, 15) is 0 Å². The molecule has 0 aromatic carbocycles. The normalized spacial score (nSPS) is 11.0. The number of aliphatic imine (C=N–C) groups is 1. The quantitative estimate of drug-likeness (QED) is 0.654. The molecule has 0 amide bonds. The highest BCUT2D eigenvalue weighted by Crippen LogP contribution is 2.12. The molecule has 0 saturated heterocycles. The van der Waals surface area contributed by atoms with E-state index in [1.54, 1.807) is 12.4 Å². The second-order valence-electron chi connectivity index (χ2n) is 2.30. The number of hydrogen-bond donors (Lipinski definition) is 0. The van der Waals surface area contributed by atoms with Crippen molar-refractivity contribution in [3.8, 4) is 0 Å². The molecule has 1 aromatic heterocycles. The molecule has 0 fully saturated rings. The second-order valence-corrected chi connectivity index (χ2v) is 2.30. The van der Waals surface area contributed by atoms with Gasteiger partial charge in [0.1, 0.15) is 0 Å². The number of allylic oxidation sites excluding steroid dienone is 1. The van der Waals surface area contributed by atoms with Crippen molar-refractivity contribution >= 4 is 11.9 Å². The van der Waals surface area contributed by atoms with Gasteiger partial charge in [0.15, 0.2) is 0 Å². The molecule has 0 bridgehead atoms. The van der Waals surface area contributed by atoms with Gasteiger partial charge in [-0.15, -0.1) is 0 Å². The highest BCUT2D eigenvalue weighted by Gasteiger charge is 1.94. The number of rotatable bonds is 2. The van der Waals surface area contributed by atoms with Gasteiger partial charge < -0.3 is 0 Å². The van der Waals surface area contributed by atoms with Crippen molar-refractivity contribution in [2.24, 2.45) is 4.99 Å². The van der Waals surface area contributed by atoms with Crippen LogP contribution in [0.25, 0.3) is 5.70 Å². The monoisotopic (exact) mass is 190 g/mol. The molecule has 0 atom stereocenters. The summed E-state index contributed by atoms with van der Waals surface area (Å²) >= 11 is 0. The van der Waals surface area contributed by atoms with Crippen LogP contribution in [-0.4, -0.2) is 11.2 Å². The molecule has 1 aromatic rings. The van der Waals surface area contributed by atoms with Crippen molar-refractivity contribution in [3.05, 3.63) is 36.2 Å². The molecule has 1 heterocycles. The molecule has 2 nitrogen and oxygen atoms in total. The van der Waals surface area contributed by atoms with Crippen LogP contribution in [0, 0.1) is 0 Å². The van der Waals surface area contributed by atoms with Crippen LogP contribution in [0.5, 0.6) is 0 Å². The lowest BCUT2D eigenvalue weighted by atomic mass is 10.2. The zero-order valence-corrected chi connectivity index (χ0v) is 9.36. The number of pyridine rings is 1. The van der Waals surface area contributed by atoms with E-state index in [4.69, 9.17) is 0 Å². The molecule has 14 heavy (non-hydrogen) atoms. The van der Waals surface area contributed by atoms with E-state index in [2.05, 4.69) is 9.98 Å². The van der Waals surface area contributed by atoms with Gasteiger partial charge in [0, 0.05) is 24.2 Å². The molecule has 0 radical (unpaired) electrons. The van der Waals surface area contributed by atoms with Gasteiger partial charge in [-0.3, -0.25) is 9.98 Å². The maximum absolute atomic E-state index is 4.21. The standard InChI is InChI=1S/C10H12N2.C2H6/c1-3-10(12-4-2)9-6-5-7-11-8-9;1-2/h3-8H,1-2H3;1-2H3/b10-3-,12-4?;. The molecule has 0 saturated carbocycles. The summed E-state index contributed by atoms with van der Waals surface area (Å²) in [5.41, 5.74) is 2.02. The molecule has 0 aliphatic rings. The molecule has 0 N–H and O–H groups in total. The van der Waals surface area contributed by atoms with Crippen LogP contribution in [0.4, 0.5) is 0 Å². The van der Waals surface area contributed by atoms with Gasteiger partial charge in [-0.25, -0.2) is 0 Å². The number of hydrogen-bond acceptors (Lipinski definition) is 2. The van der Waals surface area contributed by atoms with Crippen LogP contribution in [-0.2, 0) is 0 Å². The van der Waals surface area contributed by atoms with E-state index in [0.717, 1.165) is 11.3 Å². The molecule has 1 rings (SSSR count).